The molecule has 8 nitrogen and oxygen atoms in total. The number of aromatic nitrogens is 2. The summed E-state index contributed by atoms with van der Waals surface area (Å²) >= 11 is 6.82. The maximum atomic E-state index is 16.9. The van der Waals surface area contributed by atoms with Gasteiger partial charge in [-0.05, 0) is 48.5 Å². The molecule has 3 aliphatic rings. The van der Waals surface area contributed by atoms with Crippen molar-refractivity contribution in [2.24, 2.45) is 0 Å². The number of halogens is 4. The molecule has 47 heavy (non-hydrogen) atoms. The van der Waals surface area contributed by atoms with E-state index in [-0.39, 0.29) is 65.2 Å². The number of carbonyl (C=O) groups is 1. The summed E-state index contributed by atoms with van der Waals surface area (Å²) in [7, 11) is 0. The van der Waals surface area contributed by atoms with Crippen LogP contribution in [0.3, 0.4) is 0 Å². The van der Waals surface area contributed by atoms with E-state index in [1.807, 2.05) is 4.90 Å². The molecule has 3 fully saturated rings. The van der Waals surface area contributed by atoms with Crippen LogP contribution < -0.4 is 9.64 Å². The molecule has 242 valence electrons. The van der Waals surface area contributed by atoms with Gasteiger partial charge in [-0.25, -0.2) is 19.7 Å². The van der Waals surface area contributed by atoms with Gasteiger partial charge in [0.15, 0.2) is 5.82 Å². The number of alkyl halides is 1. The molecule has 4 aromatic rings. The fourth-order valence-corrected chi connectivity index (χ4v) is 7.87. The number of anilines is 1. The Labute approximate surface area is 275 Å². The summed E-state index contributed by atoms with van der Waals surface area (Å²) in [6.07, 6.45) is 2.30. The van der Waals surface area contributed by atoms with E-state index in [1.54, 1.807) is 41.3 Å². The Morgan fingerprint density at radius 3 is 2.77 bits per heavy atom. The lowest BCUT2D eigenvalue weighted by Gasteiger charge is -2.39. The maximum absolute atomic E-state index is 16.9. The zero-order valence-corrected chi connectivity index (χ0v) is 26.3. The van der Waals surface area contributed by atoms with E-state index >= 15 is 8.78 Å². The monoisotopic (exact) mass is 660 g/mol. The molecule has 1 amide bonds. The Morgan fingerprint density at radius 2 is 1.98 bits per heavy atom. The summed E-state index contributed by atoms with van der Waals surface area (Å²) in [6, 6.07) is 10.7. The topological polar surface area (TPSA) is 66.2 Å². The van der Waals surface area contributed by atoms with Crippen molar-refractivity contribution in [2.75, 3.05) is 50.8 Å². The molecule has 0 N–H and O–H groups in total. The number of hydrogen-bond donors (Lipinski definition) is 0. The SMILES string of the molecule is [C-]#[N+]C[C@H]1CN(c2nc(OC[C@@]34CCCN3C[C@H](F)C4)nc3c(F)c(-c4cccc5cccc(F)c45)c(Cl)cc23)CCN1C(=O)C=C. The molecule has 1 aromatic heterocycles. The van der Waals surface area contributed by atoms with Crippen molar-refractivity contribution >= 4 is 45.0 Å². The number of benzene rings is 3. The molecule has 0 saturated carbocycles. The van der Waals surface area contributed by atoms with Crippen molar-refractivity contribution in [2.45, 2.75) is 37.0 Å². The molecule has 3 aliphatic heterocycles. The summed E-state index contributed by atoms with van der Waals surface area (Å²) in [5, 5.41) is 1.17. The van der Waals surface area contributed by atoms with Crippen molar-refractivity contribution in [3.8, 4) is 17.1 Å². The molecule has 0 bridgehead atoms. The minimum atomic E-state index is -0.954. The minimum absolute atomic E-state index is 0.00521. The Balaban J connectivity index is 1.36. The lowest BCUT2D eigenvalue weighted by molar-refractivity contribution is -0.128. The lowest BCUT2D eigenvalue weighted by atomic mass is 9.95. The van der Waals surface area contributed by atoms with Crippen molar-refractivity contribution in [3.63, 3.8) is 0 Å². The second kappa shape index (κ2) is 12.3. The number of rotatable bonds is 7. The van der Waals surface area contributed by atoms with Gasteiger partial charge in [0.2, 0.25) is 12.5 Å². The number of fused-ring (bicyclic) bond motifs is 3. The van der Waals surface area contributed by atoms with Crippen LogP contribution in [-0.4, -0.2) is 89.3 Å². The van der Waals surface area contributed by atoms with Crippen LogP contribution in [0.1, 0.15) is 19.3 Å². The highest BCUT2D eigenvalue weighted by molar-refractivity contribution is 6.35. The highest BCUT2D eigenvalue weighted by atomic mass is 35.5. The number of hydrogen-bond acceptors (Lipinski definition) is 6. The van der Waals surface area contributed by atoms with Crippen LogP contribution >= 0.6 is 11.6 Å². The summed E-state index contributed by atoms with van der Waals surface area (Å²) in [5.41, 5.74) is -0.282. The summed E-state index contributed by atoms with van der Waals surface area (Å²) < 4.78 is 52.8. The predicted molar refractivity (Wildman–Crippen MR) is 175 cm³/mol. The van der Waals surface area contributed by atoms with Gasteiger partial charge in [0, 0.05) is 48.9 Å². The van der Waals surface area contributed by atoms with Gasteiger partial charge in [0.05, 0.1) is 10.6 Å². The van der Waals surface area contributed by atoms with Gasteiger partial charge < -0.3 is 19.4 Å². The zero-order valence-electron chi connectivity index (χ0n) is 25.6. The standard InChI is InChI=1S/C35H32ClF3N6O2/c1-3-28(46)45-14-13-43(19-23(45)17-40-2)33-25-15-26(36)30(24-9-4-7-21-8-5-10-27(38)29(21)24)31(39)32(25)41-34(42-33)47-20-35-11-6-12-44(35)18-22(37)16-35/h3-5,7-10,15,22-23H,1,6,11-14,16-20H2/t22-,23+,35+/m1/s1. The molecular formula is C35H32ClF3N6O2. The second-order valence-electron chi connectivity index (χ2n) is 12.5. The van der Waals surface area contributed by atoms with E-state index in [2.05, 4.69) is 21.3 Å². The van der Waals surface area contributed by atoms with Gasteiger partial charge in [0.25, 0.3) is 0 Å². The zero-order chi connectivity index (χ0) is 32.9. The first-order chi connectivity index (χ1) is 22.7. The van der Waals surface area contributed by atoms with E-state index in [4.69, 9.17) is 27.9 Å². The molecular weight excluding hydrogens is 629 g/mol. The van der Waals surface area contributed by atoms with Gasteiger partial charge in [-0.2, -0.15) is 9.97 Å². The van der Waals surface area contributed by atoms with Gasteiger partial charge in [-0.15, -0.1) is 0 Å². The lowest BCUT2D eigenvalue weighted by Crippen LogP contribution is -2.56. The molecule has 12 heteroatoms. The molecule has 0 aliphatic carbocycles. The van der Waals surface area contributed by atoms with E-state index in [0.29, 0.717) is 36.1 Å². The molecule has 0 spiro atoms. The van der Waals surface area contributed by atoms with Crippen LogP contribution in [0.25, 0.3) is 37.6 Å². The van der Waals surface area contributed by atoms with E-state index in [9.17, 15) is 9.18 Å². The highest BCUT2D eigenvalue weighted by Crippen LogP contribution is 2.43. The minimum Gasteiger partial charge on any atom is -0.461 e. The Bertz CT molecular complexity index is 1950. The third-order valence-corrected chi connectivity index (χ3v) is 10.0. The predicted octanol–water partition coefficient (Wildman–Crippen LogP) is 6.46. The van der Waals surface area contributed by atoms with Crippen molar-refractivity contribution in [1.29, 1.82) is 0 Å². The van der Waals surface area contributed by atoms with Gasteiger partial charge in [0.1, 0.15) is 36.0 Å². The second-order valence-corrected chi connectivity index (χ2v) is 12.9. The average molecular weight is 661 g/mol. The fraction of sp³-hybridized carbons (Fsp3) is 0.371. The molecule has 0 unspecified atom stereocenters. The smallest absolute Gasteiger partial charge is 0.319 e. The normalized spacial score (nSPS) is 22.9. The largest absolute Gasteiger partial charge is 0.461 e. The van der Waals surface area contributed by atoms with E-state index in [1.165, 1.54) is 12.1 Å². The number of ether oxygens (including phenoxy) is 1. The van der Waals surface area contributed by atoms with Crippen molar-refractivity contribution < 1.29 is 22.7 Å². The fourth-order valence-electron chi connectivity index (χ4n) is 7.58. The first-order valence-electron chi connectivity index (χ1n) is 15.6. The molecule has 7 rings (SSSR count). The first kappa shape index (κ1) is 31.2. The van der Waals surface area contributed by atoms with Gasteiger partial charge in [-0.3, -0.25) is 9.69 Å². The van der Waals surface area contributed by atoms with Gasteiger partial charge >= 0.3 is 6.01 Å². The van der Waals surface area contributed by atoms with E-state index in [0.717, 1.165) is 19.4 Å². The van der Waals surface area contributed by atoms with E-state index < -0.39 is 29.4 Å². The van der Waals surface area contributed by atoms with Crippen LogP contribution in [0, 0.1) is 18.2 Å². The number of nitrogens with zero attached hydrogens (tertiary/aromatic N) is 6. The Hall–Kier alpha value is -4.40. The molecule has 3 saturated heterocycles. The van der Waals surface area contributed by atoms with Crippen LogP contribution in [0.15, 0.2) is 55.1 Å². The van der Waals surface area contributed by atoms with Crippen molar-refractivity contribution in [3.05, 3.63) is 83.2 Å². The molecule has 3 atom stereocenters. The first-order valence-corrected chi connectivity index (χ1v) is 16.0. The quantitative estimate of drug-likeness (QED) is 0.168. The Morgan fingerprint density at radius 1 is 1.17 bits per heavy atom. The third-order valence-electron chi connectivity index (χ3n) is 9.74. The summed E-state index contributed by atoms with van der Waals surface area (Å²) in [4.78, 5) is 31.0. The van der Waals surface area contributed by atoms with Crippen LogP contribution in [0.5, 0.6) is 6.01 Å². The van der Waals surface area contributed by atoms with Crippen LogP contribution in [0.4, 0.5) is 19.0 Å². The number of carbonyl (C=O) groups excluding carboxylic acids is 1. The van der Waals surface area contributed by atoms with Crippen LogP contribution in [-0.2, 0) is 4.79 Å². The van der Waals surface area contributed by atoms with Crippen molar-refractivity contribution in [1.82, 2.24) is 19.8 Å². The molecule has 0 radical (unpaired) electrons. The number of piperazine rings is 1. The van der Waals surface area contributed by atoms with Crippen LogP contribution in [0.2, 0.25) is 5.02 Å². The maximum Gasteiger partial charge on any atom is 0.319 e. The van der Waals surface area contributed by atoms with Gasteiger partial charge in [-0.1, -0.05) is 48.5 Å². The summed E-state index contributed by atoms with van der Waals surface area (Å²) in [6.45, 7) is 13.2. The highest BCUT2D eigenvalue weighted by Gasteiger charge is 2.49. The molecule has 4 heterocycles. The average Bonchev–Trinajstić information content (AvgIpc) is 3.59. The third kappa shape index (κ3) is 5.43. The molecule has 3 aromatic carbocycles. The number of amides is 1. The Kier molecular flexibility index (Phi) is 8.18. The summed E-state index contributed by atoms with van der Waals surface area (Å²) in [5.74, 6) is -1.22.